The summed E-state index contributed by atoms with van der Waals surface area (Å²) >= 11 is 6.37. The van der Waals surface area contributed by atoms with Gasteiger partial charge in [0, 0.05) is 24.2 Å². The molecule has 3 unspecified atom stereocenters. The molecule has 1 saturated heterocycles. The number of rotatable bonds is 6. The van der Waals surface area contributed by atoms with E-state index < -0.39 is 0 Å². The quantitative estimate of drug-likeness (QED) is 0.712. The zero-order valence-electron chi connectivity index (χ0n) is 15.8. The summed E-state index contributed by atoms with van der Waals surface area (Å²) in [6.07, 6.45) is 6.35. The summed E-state index contributed by atoms with van der Waals surface area (Å²) in [5.41, 5.74) is 7.62. The summed E-state index contributed by atoms with van der Waals surface area (Å²) in [6.45, 7) is 1.26. The molecule has 1 heterocycles. The van der Waals surface area contributed by atoms with Crippen LogP contribution in [0.25, 0.3) is 0 Å². The van der Waals surface area contributed by atoms with Crippen molar-refractivity contribution in [2.45, 2.75) is 44.2 Å². The van der Waals surface area contributed by atoms with E-state index >= 15 is 0 Å². The summed E-state index contributed by atoms with van der Waals surface area (Å²) in [4.78, 5) is 15.0. The van der Waals surface area contributed by atoms with Crippen molar-refractivity contribution < 1.29 is 4.79 Å². The number of halogens is 1. The molecule has 26 heavy (non-hydrogen) atoms. The molecule has 1 saturated carbocycles. The molecule has 1 aromatic rings. The monoisotopic (exact) mass is 378 g/mol. The first-order valence-electron chi connectivity index (χ1n) is 9.75. The molecule has 2 aliphatic rings. The zero-order valence-corrected chi connectivity index (χ0v) is 16.6. The minimum absolute atomic E-state index is 0.00726. The third-order valence-electron chi connectivity index (χ3n) is 5.88. The van der Waals surface area contributed by atoms with E-state index in [1.54, 1.807) is 0 Å². The number of hydrogen-bond donors (Lipinski definition) is 3. The van der Waals surface area contributed by atoms with Crippen LogP contribution in [0.5, 0.6) is 0 Å². The molecule has 0 bridgehead atoms. The number of likely N-dealkylation sites (N-methyl/N-ethyl adjacent to an activating group) is 1. The maximum Gasteiger partial charge on any atom is 0.226 e. The Morgan fingerprint density at radius 2 is 2.00 bits per heavy atom. The van der Waals surface area contributed by atoms with Gasteiger partial charge in [0.2, 0.25) is 5.91 Å². The van der Waals surface area contributed by atoms with Crippen LogP contribution in [-0.2, 0) is 4.79 Å². The fraction of sp³-hybridized carbons (Fsp3) is 0.650. The van der Waals surface area contributed by atoms with Gasteiger partial charge in [-0.1, -0.05) is 49.1 Å². The van der Waals surface area contributed by atoms with Crippen molar-refractivity contribution in [3.8, 4) is 0 Å². The molecular formula is C20H31ClN4O. The number of benzene rings is 1. The third-order valence-corrected chi connectivity index (χ3v) is 6.22. The fourth-order valence-corrected chi connectivity index (χ4v) is 4.62. The van der Waals surface area contributed by atoms with E-state index in [0.717, 1.165) is 10.6 Å². The number of hydrogen-bond acceptors (Lipinski definition) is 4. The summed E-state index contributed by atoms with van der Waals surface area (Å²) in [6, 6.07) is 8.16. The van der Waals surface area contributed by atoms with Gasteiger partial charge in [0.25, 0.3) is 0 Å². The van der Waals surface area contributed by atoms with Crippen LogP contribution in [0.2, 0.25) is 5.02 Å². The van der Waals surface area contributed by atoms with E-state index in [9.17, 15) is 4.79 Å². The average molecular weight is 379 g/mol. The zero-order chi connectivity index (χ0) is 18.5. The van der Waals surface area contributed by atoms with Crippen LogP contribution in [0.1, 0.15) is 43.7 Å². The Hall–Kier alpha value is -1.14. The molecule has 3 atom stereocenters. The third kappa shape index (κ3) is 4.58. The molecule has 0 radical (unpaired) electrons. The molecule has 3 N–H and O–H groups in total. The van der Waals surface area contributed by atoms with E-state index in [0.29, 0.717) is 19.0 Å². The Bertz CT molecular complexity index is 603. The lowest BCUT2D eigenvalue weighted by molar-refractivity contribution is -0.125. The smallest absolute Gasteiger partial charge is 0.226 e. The molecular weight excluding hydrogens is 348 g/mol. The molecule has 1 aromatic carbocycles. The largest absolute Gasteiger partial charge is 0.354 e. The summed E-state index contributed by atoms with van der Waals surface area (Å²) in [5, 5.41) is 3.92. The molecule has 2 fully saturated rings. The van der Waals surface area contributed by atoms with Gasteiger partial charge in [-0.2, -0.15) is 0 Å². The highest BCUT2D eigenvalue weighted by atomic mass is 35.5. The molecule has 144 valence electrons. The normalized spacial score (nSPS) is 25.4. The Kier molecular flexibility index (Phi) is 6.92. The summed E-state index contributed by atoms with van der Waals surface area (Å²) in [7, 11) is 4.04. The Morgan fingerprint density at radius 3 is 2.69 bits per heavy atom. The average Bonchev–Trinajstić information content (AvgIpc) is 3.13. The molecule has 3 rings (SSSR count). The van der Waals surface area contributed by atoms with Gasteiger partial charge in [-0.25, -0.2) is 0 Å². The lowest BCUT2D eigenvalue weighted by atomic mass is 9.79. The predicted octanol–water partition coefficient (Wildman–Crippen LogP) is 2.73. The van der Waals surface area contributed by atoms with Crippen molar-refractivity contribution in [2.75, 3.05) is 27.2 Å². The first-order chi connectivity index (χ1) is 12.6. The predicted molar refractivity (Wildman–Crippen MR) is 106 cm³/mol. The van der Waals surface area contributed by atoms with Crippen molar-refractivity contribution in [2.24, 2.45) is 11.8 Å². The minimum atomic E-state index is -0.00726. The maximum absolute atomic E-state index is 12.9. The molecule has 1 amide bonds. The van der Waals surface area contributed by atoms with Crippen molar-refractivity contribution in [1.29, 1.82) is 0 Å². The van der Waals surface area contributed by atoms with Crippen molar-refractivity contribution in [3.63, 3.8) is 0 Å². The van der Waals surface area contributed by atoms with Crippen molar-refractivity contribution in [1.82, 2.24) is 21.1 Å². The van der Waals surface area contributed by atoms with Gasteiger partial charge in [0.05, 0.1) is 12.0 Å². The highest BCUT2D eigenvalue weighted by Gasteiger charge is 2.38. The van der Waals surface area contributed by atoms with Gasteiger partial charge >= 0.3 is 0 Å². The van der Waals surface area contributed by atoms with Gasteiger partial charge < -0.3 is 10.2 Å². The number of nitrogens with one attached hydrogen (secondary N) is 3. The van der Waals surface area contributed by atoms with Gasteiger partial charge in [0.1, 0.15) is 0 Å². The van der Waals surface area contributed by atoms with Crippen molar-refractivity contribution in [3.05, 3.63) is 34.9 Å². The van der Waals surface area contributed by atoms with E-state index in [2.05, 4.69) is 21.1 Å². The highest BCUT2D eigenvalue weighted by molar-refractivity contribution is 6.31. The SMILES string of the molecule is CN(C)C(CNC(=O)C1CNNC1C1CCCCC1)c1ccccc1Cl. The fourth-order valence-electron chi connectivity index (χ4n) is 4.35. The molecule has 1 aliphatic heterocycles. The first-order valence-corrected chi connectivity index (χ1v) is 10.1. The summed E-state index contributed by atoms with van der Waals surface area (Å²) < 4.78 is 0. The Labute approximate surface area is 161 Å². The van der Waals surface area contributed by atoms with Crippen LogP contribution in [0.3, 0.4) is 0 Å². The molecule has 5 nitrogen and oxygen atoms in total. The van der Waals surface area contributed by atoms with Crippen LogP contribution >= 0.6 is 11.6 Å². The number of carbonyl (C=O) groups excluding carboxylic acids is 1. The van der Waals surface area contributed by atoms with E-state index in [1.165, 1.54) is 32.1 Å². The van der Waals surface area contributed by atoms with Crippen LogP contribution in [-0.4, -0.2) is 44.0 Å². The van der Waals surface area contributed by atoms with Gasteiger partial charge in [-0.05, 0) is 44.5 Å². The molecule has 6 heteroatoms. The standard InChI is InChI=1S/C20H31ClN4O/c1-25(2)18(15-10-6-7-11-17(15)21)13-22-20(26)16-12-23-24-19(16)14-8-4-3-5-9-14/h6-7,10-11,14,16,18-19,23-24H,3-5,8-9,12-13H2,1-2H3,(H,22,26). The van der Waals surface area contributed by atoms with Gasteiger partial charge in [-0.15, -0.1) is 0 Å². The van der Waals surface area contributed by atoms with E-state index in [1.807, 2.05) is 38.4 Å². The van der Waals surface area contributed by atoms with Crippen LogP contribution in [0, 0.1) is 11.8 Å². The second kappa shape index (κ2) is 9.18. The molecule has 1 aliphatic carbocycles. The highest BCUT2D eigenvalue weighted by Crippen LogP contribution is 2.31. The van der Waals surface area contributed by atoms with E-state index in [4.69, 9.17) is 11.6 Å². The molecule has 0 spiro atoms. The lowest BCUT2D eigenvalue weighted by Gasteiger charge is -2.31. The van der Waals surface area contributed by atoms with Crippen molar-refractivity contribution >= 4 is 17.5 Å². The Balaban J connectivity index is 1.62. The molecule has 0 aromatic heterocycles. The van der Waals surface area contributed by atoms with Crippen LogP contribution in [0.15, 0.2) is 24.3 Å². The minimum Gasteiger partial charge on any atom is -0.354 e. The van der Waals surface area contributed by atoms with Crippen LogP contribution < -0.4 is 16.2 Å². The van der Waals surface area contributed by atoms with Gasteiger partial charge in [-0.3, -0.25) is 15.6 Å². The maximum atomic E-state index is 12.9. The second-order valence-electron chi connectivity index (χ2n) is 7.80. The van der Waals surface area contributed by atoms with Gasteiger partial charge in [0.15, 0.2) is 0 Å². The Morgan fingerprint density at radius 1 is 1.27 bits per heavy atom. The second-order valence-corrected chi connectivity index (χ2v) is 8.21. The number of nitrogens with zero attached hydrogens (tertiary/aromatic N) is 1. The number of hydrazine groups is 1. The summed E-state index contributed by atoms with van der Waals surface area (Å²) in [5.74, 6) is 0.729. The van der Waals surface area contributed by atoms with E-state index in [-0.39, 0.29) is 23.9 Å². The number of carbonyl (C=O) groups is 1. The lowest BCUT2D eigenvalue weighted by Crippen LogP contribution is -2.46. The van der Waals surface area contributed by atoms with Crippen LogP contribution in [0.4, 0.5) is 0 Å². The topological polar surface area (TPSA) is 56.4 Å². The first kappa shape index (κ1) is 19.6. The number of amides is 1.